The summed E-state index contributed by atoms with van der Waals surface area (Å²) in [7, 11) is 1.51. The molecule has 0 unspecified atom stereocenters. The van der Waals surface area contributed by atoms with Gasteiger partial charge in [0.15, 0.2) is 11.5 Å². The Morgan fingerprint density at radius 2 is 1.81 bits per heavy atom. The van der Waals surface area contributed by atoms with Crippen LogP contribution in [0, 0.1) is 0 Å². The second-order valence-electron chi connectivity index (χ2n) is 5.40. The van der Waals surface area contributed by atoms with Crippen molar-refractivity contribution < 1.29 is 19.1 Å². The number of carbonyl (C=O) groups excluding carboxylic acids is 2. The van der Waals surface area contributed by atoms with Crippen LogP contribution in [0.4, 0.5) is 0 Å². The average Bonchev–Trinajstić information content (AvgIpc) is 2.69. The molecule has 2 aromatic rings. The Balaban J connectivity index is 1.92. The van der Waals surface area contributed by atoms with Gasteiger partial charge in [-0.1, -0.05) is 37.3 Å². The lowest BCUT2D eigenvalue weighted by molar-refractivity contribution is -0.117. The van der Waals surface area contributed by atoms with Gasteiger partial charge in [-0.25, -0.2) is 0 Å². The van der Waals surface area contributed by atoms with E-state index in [4.69, 9.17) is 9.47 Å². The van der Waals surface area contributed by atoms with Gasteiger partial charge >= 0.3 is 0 Å². The minimum Gasteiger partial charge on any atom is -0.493 e. The van der Waals surface area contributed by atoms with Crippen LogP contribution in [0.2, 0.25) is 0 Å². The lowest BCUT2D eigenvalue weighted by atomic mass is 10.2. The highest BCUT2D eigenvalue weighted by molar-refractivity contribution is 5.98. The van der Waals surface area contributed by atoms with Gasteiger partial charge < -0.3 is 9.47 Å². The van der Waals surface area contributed by atoms with E-state index in [1.807, 2.05) is 37.3 Å². The summed E-state index contributed by atoms with van der Waals surface area (Å²) in [4.78, 5) is 24.0. The van der Waals surface area contributed by atoms with Crippen molar-refractivity contribution in [3.8, 4) is 11.5 Å². The first-order valence-corrected chi connectivity index (χ1v) is 8.28. The van der Waals surface area contributed by atoms with Crippen LogP contribution >= 0.6 is 0 Å². The van der Waals surface area contributed by atoms with Crippen molar-refractivity contribution in [2.75, 3.05) is 13.7 Å². The van der Waals surface area contributed by atoms with Gasteiger partial charge in [-0.05, 0) is 36.3 Å². The van der Waals surface area contributed by atoms with Crippen LogP contribution in [0.15, 0.2) is 54.6 Å². The Bertz CT molecular complexity index is 773. The number of methoxy groups -OCH3 is 1. The topological polar surface area (TPSA) is 76.7 Å². The molecule has 0 atom stereocenters. The molecule has 136 valence electrons. The molecule has 0 aliphatic rings. The molecule has 0 aliphatic heterocycles. The maximum absolute atomic E-state index is 12.2. The fraction of sp³-hybridized carbons (Fsp3) is 0.200. The number of nitrogens with one attached hydrogen (secondary N) is 2. The molecule has 2 aromatic carbocycles. The van der Waals surface area contributed by atoms with Crippen molar-refractivity contribution in [1.29, 1.82) is 0 Å². The van der Waals surface area contributed by atoms with Crippen molar-refractivity contribution in [2.45, 2.75) is 13.3 Å². The molecule has 26 heavy (non-hydrogen) atoms. The predicted octanol–water partition coefficient (Wildman–Crippen LogP) is 2.96. The van der Waals surface area contributed by atoms with Crippen LogP contribution < -0.4 is 20.3 Å². The third-order valence-electron chi connectivity index (χ3n) is 3.41. The molecule has 0 aliphatic carbocycles. The van der Waals surface area contributed by atoms with Crippen molar-refractivity contribution in [3.05, 3.63) is 65.7 Å². The Morgan fingerprint density at radius 1 is 1.04 bits per heavy atom. The molecule has 6 heteroatoms. The molecule has 0 heterocycles. The van der Waals surface area contributed by atoms with Crippen LogP contribution in [0.3, 0.4) is 0 Å². The molecule has 2 N–H and O–H groups in total. The molecule has 0 spiro atoms. The van der Waals surface area contributed by atoms with Crippen LogP contribution in [0.25, 0.3) is 6.08 Å². The third-order valence-corrected chi connectivity index (χ3v) is 3.41. The largest absolute Gasteiger partial charge is 0.493 e. The Labute approximate surface area is 152 Å². The van der Waals surface area contributed by atoms with E-state index in [-0.39, 0.29) is 0 Å². The summed E-state index contributed by atoms with van der Waals surface area (Å²) >= 11 is 0. The van der Waals surface area contributed by atoms with Gasteiger partial charge in [-0.3, -0.25) is 20.4 Å². The molecular formula is C20H22N2O4. The standard InChI is InChI=1S/C20H22N2O4/c1-3-13-26-17-11-10-16(14-18(17)25-2)20(24)22-21-19(23)12-9-15-7-5-4-6-8-15/h4-12,14H,3,13H2,1-2H3,(H,21,23)(H,22,24)/b12-9+. The zero-order valence-corrected chi connectivity index (χ0v) is 14.8. The van der Waals surface area contributed by atoms with Crippen molar-refractivity contribution in [2.24, 2.45) is 0 Å². The molecule has 0 aromatic heterocycles. The number of ether oxygens (including phenoxy) is 2. The molecule has 2 rings (SSSR count). The minimum absolute atomic E-state index is 0.345. The zero-order chi connectivity index (χ0) is 18.8. The highest BCUT2D eigenvalue weighted by atomic mass is 16.5. The van der Waals surface area contributed by atoms with Gasteiger partial charge in [0.1, 0.15) is 0 Å². The Kier molecular flexibility index (Phi) is 7.24. The molecule has 0 saturated heterocycles. The van der Waals surface area contributed by atoms with E-state index in [2.05, 4.69) is 10.9 Å². The van der Waals surface area contributed by atoms with E-state index in [0.29, 0.717) is 23.7 Å². The molecule has 0 radical (unpaired) electrons. The first-order chi connectivity index (χ1) is 12.6. The lowest BCUT2D eigenvalue weighted by Crippen LogP contribution is -2.40. The molecule has 6 nitrogen and oxygen atoms in total. The van der Waals surface area contributed by atoms with Crippen molar-refractivity contribution >= 4 is 17.9 Å². The monoisotopic (exact) mass is 354 g/mol. The summed E-state index contributed by atoms with van der Waals surface area (Å²) in [6.45, 7) is 2.56. The van der Waals surface area contributed by atoms with Gasteiger partial charge in [-0.2, -0.15) is 0 Å². The lowest BCUT2D eigenvalue weighted by Gasteiger charge is -2.12. The van der Waals surface area contributed by atoms with E-state index < -0.39 is 11.8 Å². The van der Waals surface area contributed by atoms with Gasteiger partial charge in [0.05, 0.1) is 13.7 Å². The number of amides is 2. The SMILES string of the molecule is CCCOc1ccc(C(=O)NNC(=O)/C=C/c2ccccc2)cc1OC. The first kappa shape index (κ1) is 19.1. The number of rotatable bonds is 7. The Morgan fingerprint density at radius 3 is 2.50 bits per heavy atom. The summed E-state index contributed by atoms with van der Waals surface area (Å²) in [5.41, 5.74) is 5.94. The van der Waals surface area contributed by atoms with E-state index in [1.165, 1.54) is 13.2 Å². The van der Waals surface area contributed by atoms with Crippen molar-refractivity contribution in [3.63, 3.8) is 0 Å². The summed E-state index contributed by atoms with van der Waals surface area (Å²) in [5.74, 6) is 0.144. The van der Waals surface area contributed by atoms with Crippen LogP contribution in [-0.4, -0.2) is 25.5 Å². The van der Waals surface area contributed by atoms with Gasteiger partial charge in [0.25, 0.3) is 11.8 Å². The summed E-state index contributed by atoms with van der Waals surface area (Å²) in [6.07, 6.45) is 3.87. The van der Waals surface area contributed by atoms with Crippen LogP contribution in [0.5, 0.6) is 11.5 Å². The molecule has 0 saturated carbocycles. The van der Waals surface area contributed by atoms with Crippen molar-refractivity contribution in [1.82, 2.24) is 10.9 Å². The quantitative estimate of drug-likeness (QED) is 0.592. The van der Waals surface area contributed by atoms with E-state index in [0.717, 1.165) is 12.0 Å². The maximum Gasteiger partial charge on any atom is 0.269 e. The zero-order valence-electron chi connectivity index (χ0n) is 14.8. The molecule has 0 fully saturated rings. The smallest absolute Gasteiger partial charge is 0.269 e. The third kappa shape index (κ3) is 5.66. The van der Waals surface area contributed by atoms with Crippen LogP contribution in [0.1, 0.15) is 29.3 Å². The number of carbonyl (C=O) groups is 2. The second kappa shape index (κ2) is 9.88. The highest BCUT2D eigenvalue weighted by Crippen LogP contribution is 2.28. The van der Waals surface area contributed by atoms with E-state index in [1.54, 1.807) is 24.3 Å². The fourth-order valence-electron chi connectivity index (χ4n) is 2.11. The summed E-state index contributed by atoms with van der Waals surface area (Å²) in [5, 5.41) is 0. The average molecular weight is 354 g/mol. The van der Waals surface area contributed by atoms with Crippen LogP contribution in [-0.2, 0) is 4.79 Å². The number of hydrogen-bond donors (Lipinski definition) is 2. The summed E-state index contributed by atoms with van der Waals surface area (Å²) in [6, 6.07) is 14.2. The summed E-state index contributed by atoms with van der Waals surface area (Å²) < 4.78 is 10.8. The van der Waals surface area contributed by atoms with E-state index >= 15 is 0 Å². The fourth-order valence-corrected chi connectivity index (χ4v) is 2.11. The normalized spacial score (nSPS) is 10.4. The number of hydrogen-bond acceptors (Lipinski definition) is 4. The van der Waals surface area contributed by atoms with Gasteiger partial charge in [0.2, 0.25) is 0 Å². The number of hydrazine groups is 1. The Hall–Kier alpha value is -3.28. The first-order valence-electron chi connectivity index (χ1n) is 8.28. The highest BCUT2D eigenvalue weighted by Gasteiger charge is 2.11. The number of benzene rings is 2. The predicted molar refractivity (Wildman–Crippen MR) is 99.9 cm³/mol. The second-order valence-corrected chi connectivity index (χ2v) is 5.40. The molecule has 2 amide bonds. The molecular weight excluding hydrogens is 332 g/mol. The molecule has 0 bridgehead atoms. The van der Waals surface area contributed by atoms with Gasteiger partial charge in [0, 0.05) is 11.6 Å². The maximum atomic E-state index is 12.2. The minimum atomic E-state index is -0.452. The van der Waals surface area contributed by atoms with Gasteiger partial charge in [-0.15, -0.1) is 0 Å². The van der Waals surface area contributed by atoms with E-state index in [9.17, 15) is 9.59 Å².